The summed E-state index contributed by atoms with van der Waals surface area (Å²) in [5.74, 6) is 0.231. The van der Waals surface area contributed by atoms with Gasteiger partial charge in [-0.2, -0.15) is 10.4 Å². The third-order valence-corrected chi connectivity index (χ3v) is 2.51. The van der Waals surface area contributed by atoms with Crippen LogP contribution in [0.1, 0.15) is 11.1 Å². The molecule has 0 spiro atoms. The summed E-state index contributed by atoms with van der Waals surface area (Å²) in [6.07, 6.45) is 1.83. The summed E-state index contributed by atoms with van der Waals surface area (Å²) in [6.45, 7) is 4.10. The Morgan fingerprint density at radius 2 is 2.12 bits per heavy atom. The Morgan fingerprint density at radius 3 is 2.76 bits per heavy atom. The van der Waals surface area contributed by atoms with E-state index in [1.807, 2.05) is 32.2 Å². The Hall–Kier alpha value is -2.28. The fraction of sp³-hybridized carbons (Fsp3) is 0.231. The number of aromatic hydroxyl groups is 1. The van der Waals surface area contributed by atoms with Gasteiger partial charge in [-0.15, -0.1) is 0 Å². The molecule has 1 aromatic carbocycles. The number of phenolic OH excluding ortho intramolecular Hbond substituents is 1. The van der Waals surface area contributed by atoms with Gasteiger partial charge >= 0.3 is 0 Å². The standard InChI is InChI=1S/C13H13N3O/c1-9-5-11(7-12(17)6-9)13-10(2)8-16(15-13)4-3-14/h5-8,17H,4H2,1-2H3. The maximum Gasteiger partial charge on any atom is 0.128 e. The molecule has 0 saturated carbocycles. The van der Waals surface area contributed by atoms with Gasteiger partial charge < -0.3 is 5.11 Å². The second kappa shape index (κ2) is 4.30. The zero-order valence-electron chi connectivity index (χ0n) is 9.81. The van der Waals surface area contributed by atoms with E-state index >= 15 is 0 Å². The average Bonchev–Trinajstić information content (AvgIpc) is 2.58. The van der Waals surface area contributed by atoms with Gasteiger partial charge in [0.2, 0.25) is 0 Å². The molecule has 0 saturated heterocycles. The van der Waals surface area contributed by atoms with Gasteiger partial charge in [0.05, 0.1) is 11.8 Å². The van der Waals surface area contributed by atoms with E-state index in [1.54, 1.807) is 16.8 Å². The number of aromatic nitrogens is 2. The van der Waals surface area contributed by atoms with E-state index in [0.717, 1.165) is 22.4 Å². The minimum atomic E-state index is 0.231. The number of nitriles is 1. The summed E-state index contributed by atoms with van der Waals surface area (Å²) in [4.78, 5) is 0. The quantitative estimate of drug-likeness (QED) is 0.856. The third kappa shape index (κ3) is 2.28. The molecule has 2 rings (SSSR count). The SMILES string of the molecule is Cc1cc(O)cc(-c2nn(CC#N)cc2C)c1. The molecule has 0 unspecified atom stereocenters. The van der Waals surface area contributed by atoms with Crippen molar-refractivity contribution in [2.24, 2.45) is 0 Å². The molecule has 86 valence electrons. The average molecular weight is 227 g/mol. The van der Waals surface area contributed by atoms with Gasteiger partial charge in [0.15, 0.2) is 0 Å². The lowest BCUT2D eigenvalue weighted by atomic mass is 10.1. The molecule has 1 heterocycles. The normalized spacial score (nSPS) is 10.2. The molecule has 0 fully saturated rings. The third-order valence-electron chi connectivity index (χ3n) is 2.51. The number of benzene rings is 1. The molecule has 0 aliphatic rings. The van der Waals surface area contributed by atoms with Gasteiger partial charge in [0, 0.05) is 11.8 Å². The lowest BCUT2D eigenvalue weighted by molar-refractivity contribution is 0.475. The van der Waals surface area contributed by atoms with Crippen LogP contribution in [-0.2, 0) is 6.54 Å². The van der Waals surface area contributed by atoms with Crippen molar-refractivity contribution in [1.29, 1.82) is 5.26 Å². The Balaban J connectivity index is 2.49. The second-order valence-electron chi connectivity index (χ2n) is 4.07. The number of hydrogen-bond donors (Lipinski definition) is 1. The molecule has 0 amide bonds. The topological polar surface area (TPSA) is 61.8 Å². The predicted octanol–water partition coefficient (Wildman–Crippen LogP) is 2.40. The maximum absolute atomic E-state index is 9.57. The molecule has 1 N–H and O–H groups in total. The van der Waals surface area contributed by atoms with Crippen LogP contribution in [0.5, 0.6) is 5.75 Å². The summed E-state index contributed by atoms with van der Waals surface area (Å²) in [5.41, 5.74) is 3.65. The fourth-order valence-electron chi connectivity index (χ4n) is 1.86. The molecule has 17 heavy (non-hydrogen) atoms. The largest absolute Gasteiger partial charge is 0.508 e. The maximum atomic E-state index is 9.57. The van der Waals surface area contributed by atoms with Crippen LogP contribution in [0.15, 0.2) is 24.4 Å². The van der Waals surface area contributed by atoms with E-state index in [2.05, 4.69) is 5.10 Å². The monoisotopic (exact) mass is 227 g/mol. The summed E-state index contributed by atoms with van der Waals surface area (Å²) in [5, 5.41) is 22.5. The van der Waals surface area contributed by atoms with E-state index in [0.29, 0.717) is 0 Å². The van der Waals surface area contributed by atoms with Crippen LogP contribution in [0.4, 0.5) is 0 Å². The molecule has 0 aliphatic heterocycles. The van der Waals surface area contributed by atoms with Crippen molar-refractivity contribution in [2.45, 2.75) is 20.4 Å². The molecule has 4 heteroatoms. The highest BCUT2D eigenvalue weighted by molar-refractivity contribution is 5.65. The van der Waals surface area contributed by atoms with Gasteiger partial charge in [-0.05, 0) is 43.2 Å². The van der Waals surface area contributed by atoms with Crippen LogP contribution in [0.25, 0.3) is 11.3 Å². The minimum Gasteiger partial charge on any atom is -0.508 e. The van der Waals surface area contributed by atoms with Gasteiger partial charge in [-0.25, -0.2) is 0 Å². The molecule has 0 radical (unpaired) electrons. The van der Waals surface area contributed by atoms with E-state index in [-0.39, 0.29) is 12.3 Å². The van der Waals surface area contributed by atoms with Crippen molar-refractivity contribution in [3.63, 3.8) is 0 Å². The van der Waals surface area contributed by atoms with Crippen LogP contribution in [0.3, 0.4) is 0 Å². The van der Waals surface area contributed by atoms with E-state index in [1.165, 1.54) is 0 Å². The van der Waals surface area contributed by atoms with Crippen molar-refractivity contribution in [1.82, 2.24) is 9.78 Å². The molecule has 0 atom stereocenters. The highest BCUT2D eigenvalue weighted by Gasteiger charge is 2.09. The number of phenols is 1. The predicted molar refractivity (Wildman–Crippen MR) is 64.4 cm³/mol. The Morgan fingerprint density at radius 1 is 1.35 bits per heavy atom. The van der Waals surface area contributed by atoms with Crippen molar-refractivity contribution in [3.05, 3.63) is 35.5 Å². The summed E-state index contributed by atoms with van der Waals surface area (Å²) >= 11 is 0. The highest BCUT2D eigenvalue weighted by atomic mass is 16.3. The lowest BCUT2D eigenvalue weighted by Crippen LogP contribution is -1.95. The zero-order valence-corrected chi connectivity index (χ0v) is 9.81. The van der Waals surface area contributed by atoms with Gasteiger partial charge in [-0.1, -0.05) is 0 Å². The smallest absolute Gasteiger partial charge is 0.128 e. The van der Waals surface area contributed by atoms with E-state index < -0.39 is 0 Å². The van der Waals surface area contributed by atoms with Gasteiger partial charge in [0.25, 0.3) is 0 Å². The molecular formula is C13H13N3O. The van der Waals surface area contributed by atoms with Gasteiger partial charge in [0.1, 0.15) is 12.3 Å². The second-order valence-corrected chi connectivity index (χ2v) is 4.07. The first kappa shape index (κ1) is 11.2. The van der Waals surface area contributed by atoms with Crippen molar-refractivity contribution >= 4 is 0 Å². The van der Waals surface area contributed by atoms with Crippen molar-refractivity contribution in [2.75, 3.05) is 0 Å². The van der Waals surface area contributed by atoms with Crippen LogP contribution in [0.2, 0.25) is 0 Å². The number of aryl methyl sites for hydroxylation is 2. The summed E-state index contributed by atoms with van der Waals surface area (Å²) < 4.78 is 1.60. The molecule has 4 nitrogen and oxygen atoms in total. The molecular weight excluding hydrogens is 214 g/mol. The van der Waals surface area contributed by atoms with Crippen LogP contribution < -0.4 is 0 Å². The Labute approximate surface area is 99.7 Å². The number of hydrogen-bond acceptors (Lipinski definition) is 3. The van der Waals surface area contributed by atoms with Crippen LogP contribution >= 0.6 is 0 Å². The number of nitrogens with zero attached hydrogens (tertiary/aromatic N) is 3. The zero-order chi connectivity index (χ0) is 12.4. The van der Waals surface area contributed by atoms with E-state index in [4.69, 9.17) is 5.26 Å². The first-order chi connectivity index (χ1) is 8.10. The van der Waals surface area contributed by atoms with Gasteiger partial charge in [-0.3, -0.25) is 4.68 Å². The summed E-state index contributed by atoms with van der Waals surface area (Å²) in [7, 11) is 0. The molecule has 0 bridgehead atoms. The van der Waals surface area contributed by atoms with Crippen LogP contribution in [0, 0.1) is 25.2 Å². The fourth-order valence-corrected chi connectivity index (χ4v) is 1.86. The first-order valence-electron chi connectivity index (χ1n) is 5.32. The lowest BCUT2D eigenvalue weighted by Gasteiger charge is -2.02. The Kier molecular flexibility index (Phi) is 2.84. The molecule has 1 aromatic heterocycles. The first-order valence-corrected chi connectivity index (χ1v) is 5.32. The summed E-state index contributed by atoms with van der Waals surface area (Å²) in [6, 6.07) is 7.39. The van der Waals surface area contributed by atoms with E-state index in [9.17, 15) is 5.11 Å². The van der Waals surface area contributed by atoms with Crippen LogP contribution in [-0.4, -0.2) is 14.9 Å². The van der Waals surface area contributed by atoms with Crippen molar-refractivity contribution in [3.8, 4) is 23.1 Å². The molecule has 2 aromatic rings. The van der Waals surface area contributed by atoms with Crippen molar-refractivity contribution < 1.29 is 5.11 Å². The number of rotatable bonds is 2. The minimum absolute atomic E-state index is 0.231. The highest BCUT2D eigenvalue weighted by Crippen LogP contribution is 2.26. The Bertz CT molecular complexity index is 573. The molecule has 0 aliphatic carbocycles.